The van der Waals surface area contributed by atoms with Crippen LogP contribution in [0.3, 0.4) is 0 Å². The maximum Gasteiger partial charge on any atom is 0.143 e. The summed E-state index contributed by atoms with van der Waals surface area (Å²) in [4.78, 5) is 7.80. The molecule has 0 fully saturated rings. The van der Waals surface area contributed by atoms with Crippen molar-refractivity contribution in [2.24, 2.45) is 0 Å². The molecule has 6 heteroatoms. The summed E-state index contributed by atoms with van der Waals surface area (Å²) in [5.41, 5.74) is 3.09. The fourth-order valence-corrected chi connectivity index (χ4v) is 3.42. The predicted octanol–water partition coefficient (Wildman–Crippen LogP) is 4.08. The van der Waals surface area contributed by atoms with Gasteiger partial charge in [-0.3, -0.25) is 0 Å². The predicted molar refractivity (Wildman–Crippen MR) is 90.1 cm³/mol. The highest BCUT2D eigenvalue weighted by molar-refractivity contribution is 9.11. The molecule has 0 aliphatic rings. The lowest BCUT2D eigenvalue weighted by Crippen LogP contribution is -2.13. The molecule has 0 atom stereocenters. The maximum absolute atomic E-state index is 9.69. The number of phenols is 1. The number of benzene rings is 2. The van der Waals surface area contributed by atoms with Crippen LogP contribution in [0.5, 0.6) is 5.75 Å². The van der Waals surface area contributed by atoms with Crippen LogP contribution >= 0.6 is 31.9 Å². The van der Waals surface area contributed by atoms with Gasteiger partial charge >= 0.3 is 0 Å². The third-order valence-electron chi connectivity index (χ3n) is 3.14. The molecule has 4 nitrogen and oxygen atoms in total. The van der Waals surface area contributed by atoms with Crippen LogP contribution in [0.15, 0.2) is 45.3 Å². The van der Waals surface area contributed by atoms with Crippen LogP contribution in [0, 0.1) is 0 Å². The zero-order valence-electron chi connectivity index (χ0n) is 11.0. The van der Waals surface area contributed by atoms with Crippen LogP contribution < -0.4 is 5.32 Å². The second kappa shape index (κ2) is 6.17. The van der Waals surface area contributed by atoms with Crippen molar-refractivity contribution in [3.05, 3.63) is 56.7 Å². The van der Waals surface area contributed by atoms with Gasteiger partial charge in [0, 0.05) is 6.54 Å². The van der Waals surface area contributed by atoms with Crippen LogP contribution in [0.25, 0.3) is 11.0 Å². The molecular weight excluding hydrogens is 398 g/mol. The van der Waals surface area contributed by atoms with E-state index in [4.69, 9.17) is 0 Å². The number of nitrogens with one attached hydrogen (secondary N) is 2. The summed E-state index contributed by atoms with van der Waals surface area (Å²) in [6.45, 7) is 1.35. The van der Waals surface area contributed by atoms with Gasteiger partial charge in [0.05, 0.1) is 26.5 Å². The summed E-state index contributed by atoms with van der Waals surface area (Å²) in [7, 11) is 0. The first-order valence-corrected chi connectivity index (χ1v) is 8.03. The molecule has 2 aromatic carbocycles. The molecule has 0 spiro atoms. The smallest absolute Gasteiger partial charge is 0.143 e. The van der Waals surface area contributed by atoms with E-state index in [1.807, 2.05) is 36.4 Å². The van der Waals surface area contributed by atoms with Crippen molar-refractivity contribution in [2.45, 2.75) is 13.1 Å². The monoisotopic (exact) mass is 409 g/mol. The van der Waals surface area contributed by atoms with Gasteiger partial charge in [0.25, 0.3) is 0 Å². The van der Waals surface area contributed by atoms with Gasteiger partial charge < -0.3 is 15.4 Å². The number of fused-ring (bicyclic) bond motifs is 1. The average Bonchev–Trinajstić information content (AvgIpc) is 2.87. The third-order valence-corrected chi connectivity index (χ3v) is 4.35. The van der Waals surface area contributed by atoms with Crippen molar-refractivity contribution in [1.82, 2.24) is 15.3 Å². The number of hydrogen-bond donors (Lipinski definition) is 3. The Morgan fingerprint density at radius 3 is 2.52 bits per heavy atom. The lowest BCUT2D eigenvalue weighted by atomic mass is 10.2. The van der Waals surface area contributed by atoms with E-state index in [9.17, 15) is 5.11 Å². The second-order valence-electron chi connectivity index (χ2n) is 4.71. The largest absolute Gasteiger partial charge is 0.506 e. The Hall–Kier alpha value is -1.37. The minimum absolute atomic E-state index is 0.219. The second-order valence-corrected chi connectivity index (χ2v) is 6.42. The van der Waals surface area contributed by atoms with Gasteiger partial charge in [0.1, 0.15) is 11.6 Å². The average molecular weight is 411 g/mol. The molecular formula is C15H13Br2N3O. The summed E-state index contributed by atoms with van der Waals surface area (Å²) in [5, 5.41) is 13.0. The molecule has 0 bridgehead atoms. The van der Waals surface area contributed by atoms with E-state index in [1.54, 1.807) is 0 Å². The fourth-order valence-electron chi connectivity index (χ4n) is 2.13. The third kappa shape index (κ3) is 3.28. The minimum Gasteiger partial charge on any atom is -0.506 e. The van der Waals surface area contributed by atoms with E-state index in [2.05, 4.69) is 47.1 Å². The van der Waals surface area contributed by atoms with E-state index in [1.165, 1.54) is 0 Å². The van der Waals surface area contributed by atoms with Crippen LogP contribution in [0.1, 0.15) is 11.4 Å². The molecule has 3 aromatic rings. The molecule has 3 rings (SSSR count). The van der Waals surface area contributed by atoms with E-state index < -0.39 is 0 Å². The Balaban J connectivity index is 1.66. The standard InChI is InChI=1S/C15H13Br2N3O/c16-10-5-9(6-11(17)15(10)21)7-18-8-14-19-12-3-1-2-4-13(12)20-14/h1-6,18,21H,7-8H2,(H,19,20). The molecule has 3 N–H and O–H groups in total. The van der Waals surface area contributed by atoms with E-state index in [0.29, 0.717) is 22.0 Å². The normalized spacial score (nSPS) is 11.1. The molecule has 0 unspecified atom stereocenters. The van der Waals surface area contributed by atoms with Crippen molar-refractivity contribution < 1.29 is 5.11 Å². The highest BCUT2D eigenvalue weighted by Crippen LogP contribution is 2.33. The van der Waals surface area contributed by atoms with E-state index >= 15 is 0 Å². The number of imidazole rings is 1. The van der Waals surface area contributed by atoms with Crippen molar-refractivity contribution >= 4 is 42.9 Å². The first-order valence-electron chi connectivity index (χ1n) is 6.45. The molecule has 0 aliphatic heterocycles. The Bertz CT molecular complexity index is 729. The molecule has 0 saturated heterocycles. The number of para-hydroxylation sites is 2. The van der Waals surface area contributed by atoms with Gasteiger partial charge in [0.2, 0.25) is 0 Å². The van der Waals surface area contributed by atoms with Gasteiger partial charge in [0.15, 0.2) is 0 Å². The topological polar surface area (TPSA) is 60.9 Å². The summed E-state index contributed by atoms with van der Waals surface area (Å²) < 4.78 is 1.36. The lowest BCUT2D eigenvalue weighted by Gasteiger charge is -2.07. The number of aromatic amines is 1. The van der Waals surface area contributed by atoms with E-state index in [-0.39, 0.29) is 5.75 Å². The molecule has 21 heavy (non-hydrogen) atoms. The van der Waals surface area contributed by atoms with Gasteiger partial charge in [-0.1, -0.05) is 12.1 Å². The van der Waals surface area contributed by atoms with Crippen LogP contribution in [0.2, 0.25) is 0 Å². The Labute approximate surface area is 138 Å². The van der Waals surface area contributed by atoms with Gasteiger partial charge in [-0.05, 0) is 61.7 Å². The number of aromatic nitrogens is 2. The van der Waals surface area contributed by atoms with Gasteiger partial charge in [-0.25, -0.2) is 4.98 Å². The fraction of sp³-hybridized carbons (Fsp3) is 0.133. The van der Waals surface area contributed by atoms with Crippen LogP contribution in [-0.4, -0.2) is 15.1 Å². The zero-order chi connectivity index (χ0) is 14.8. The Morgan fingerprint density at radius 2 is 1.81 bits per heavy atom. The quantitative estimate of drug-likeness (QED) is 0.607. The number of rotatable bonds is 4. The molecule has 0 amide bonds. The molecule has 108 valence electrons. The summed E-state index contributed by atoms with van der Waals surface area (Å²) >= 11 is 6.66. The highest BCUT2D eigenvalue weighted by Gasteiger charge is 2.06. The molecule has 0 saturated carbocycles. The molecule has 0 aliphatic carbocycles. The summed E-state index contributed by atoms with van der Waals surface area (Å²) in [5.74, 6) is 1.13. The van der Waals surface area contributed by atoms with Crippen molar-refractivity contribution in [2.75, 3.05) is 0 Å². The number of phenolic OH excluding ortho intramolecular Hbond substituents is 1. The minimum atomic E-state index is 0.219. The first-order chi connectivity index (χ1) is 10.1. The van der Waals surface area contributed by atoms with Crippen molar-refractivity contribution in [3.8, 4) is 5.75 Å². The van der Waals surface area contributed by atoms with Gasteiger partial charge in [-0.15, -0.1) is 0 Å². The van der Waals surface area contributed by atoms with Gasteiger partial charge in [-0.2, -0.15) is 0 Å². The van der Waals surface area contributed by atoms with Crippen LogP contribution in [-0.2, 0) is 13.1 Å². The van der Waals surface area contributed by atoms with Crippen LogP contribution in [0.4, 0.5) is 0 Å². The van der Waals surface area contributed by atoms with Crippen molar-refractivity contribution in [3.63, 3.8) is 0 Å². The number of halogens is 2. The number of H-pyrrole nitrogens is 1. The SMILES string of the molecule is Oc1c(Br)cc(CNCc2nc3ccccc3[nH]2)cc1Br. The Kier molecular flexibility index (Phi) is 4.28. The van der Waals surface area contributed by atoms with E-state index in [0.717, 1.165) is 22.4 Å². The molecule has 0 radical (unpaired) electrons. The summed E-state index contributed by atoms with van der Waals surface area (Å²) in [6, 6.07) is 11.8. The summed E-state index contributed by atoms with van der Waals surface area (Å²) in [6.07, 6.45) is 0. The molecule has 1 heterocycles. The number of aromatic hydroxyl groups is 1. The lowest BCUT2D eigenvalue weighted by molar-refractivity contribution is 0.468. The number of hydrogen-bond acceptors (Lipinski definition) is 3. The molecule has 1 aromatic heterocycles. The maximum atomic E-state index is 9.69. The highest BCUT2D eigenvalue weighted by atomic mass is 79.9. The number of nitrogens with zero attached hydrogens (tertiary/aromatic N) is 1. The first kappa shape index (κ1) is 14.6. The zero-order valence-corrected chi connectivity index (χ0v) is 14.2. The van der Waals surface area contributed by atoms with Crippen molar-refractivity contribution in [1.29, 1.82) is 0 Å². The Morgan fingerprint density at radius 1 is 1.10 bits per heavy atom.